The third-order valence-electron chi connectivity index (χ3n) is 1.98. The van der Waals surface area contributed by atoms with E-state index in [-0.39, 0.29) is 5.91 Å². The van der Waals surface area contributed by atoms with Crippen molar-refractivity contribution < 1.29 is 4.79 Å². The van der Waals surface area contributed by atoms with Gasteiger partial charge in [0.1, 0.15) is 0 Å². The van der Waals surface area contributed by atoms with Crippen LogP contribution in [0.4, 0.5) is 5.95 Å². The largest absolute Gasteiger partial charge is 0.331 e. The van der Waals surface area contributed by atoms with Gasteiger partial charge in [-0.3, -0.25) is 10.1 Å². The molecular formula is C11H8N4O. The first-order chi connectivity index (χ1) is 7.79. The second kappa shape index (κ2) is 4.28. The van der Waals surface area contributed by atoms with Crippen molar-refractivity contribution in [1.82, 2.24) is 9.97 Å². The number of carbonyl (C=O) groups excluding carboxylic acids is 1. The normalized spacial score (nSPS) is 9.44. The number of anilines is 1. The molecule has 5 nitrogen and oxygen atoms in total. The van der Waals surface area contributed by atoms with Crippen molar-refractivity contribution in [3.05, 3.63) is 47.8 Å². The Labute approximate surface area is 91.8 Å². The van der Waals surface area contributed by atoms with Gasteiger partial charge in [-0.25, -0.2) is 4.98 Å². The van der Waals surface area contributed by atoms with E-state index in [2.05, 4.69) is 15.3 Å². The van der Waals surface area contributed by atoms with Crippen LogP contribution in [0, 0.1) is 11.3 Å². The van der Waals surface area contributed by atoms with Crippen molar-refractivity contribution in [2.24, 2.45) is 0 Å². The Morgan fingerprint density at radius 1 is 1.50 bits per heavy atom. The van der Waals surface area contributed by atoms with Crippen molar-refractivity contribution in [3.8, 4) is 6.07 Å². The lowest BCUT2D eigenvalue weighted by Gasteiger charge is -2.01. The van der Waals surface area contributed by atoms with Gasteiger partial charge in [-0.15, -0.1) is 0 Å². The van der Waals surface area contributed by atoms with Crippen molar-refractivity contribution in [2.45, 2.75) is 0 Å². The Kier molecular flexibility index (Phi) is 2.65. The van der Waals surface area contributed by atoms with Crippen LogP contribution in [0.5, 0.6) is 0 Å². The Morgan fingerprint density at radius 3 is 3.06 bits per heavy atom. The number of nitrogens with zero attached hydrogens (tertiary/aromatic N) is 2. The molecule has 16 heavy (non-hydrogen) atoms. The maximum Gasteiger partial charge on any atom is 0.258 e. The average Bonchev–Trinajstić information content (AvgIpc) is 2.82. The van der Waals surface area contributed by atoms with Crippen molar-refractivity contribution in [1.29, 1.82) is 5.26 Å². The molecule has 2 N–H and O–H groups in total. The van der Waals surface area contributed by atoms with Crippen LogP contribution in [0.15, 0.2) is 36.7 Å². The molecule has 2 aromatic rings. The zero-order chi connectivity index (χ0) is 11.4. The lowest BCUT2D eigenvalue weighted by Crippen LogP contribution is -2.12. The van der Waals surface area contributed by atoms with Crippen LogP contribution in [0.1, 0.15) is 15.9 Å². The number of aromatic nitrogens is 2. The van der Waals surface area contributed by atoms with E-state index in [1.165, 1.54) is 6.07 Å². The number of rotatable bonds is 2. The van der Waals surface area contributed by atoms with Crippen LogP contribution in [0.3, 0.4) is 0 Å². The summed E-state index contributed by atoms with van der Waals surface area (Å²) in [6.07, 6.45) is 3.16. The first kappa shape index (κ1) is 9.93. The molecule has 0 saturated heterocycles. The quantitative estimate of drug-likeness (QED) is 0.792. The molecule has 0 radical (unpaired) electrons. The minimum absolute atomic E-state index is 0.299. The van der Waals surface area contributed by atoms with Crippen LogP contribution < -0.4 is 5.32 Å². The number of H-pyrrole nitrogens is 1. The van der Waals surface area contributed by atoms with E-state index in [0.29, 0.717) is 17.1 Å². The van der Waals surface area contributed by atoms with Gasteiger partial charge in [0, 0.05) is 18.0 Å². The first-order valence-electron chi connectivity index (χ1n) is 4.60. The maximum absolute atomic E-state index is 11.7. The van der Waals surface area contributed by atoms with E-state index in [1.54, 1.807) is 30.6 Å². The number of amides is 1. The van der Waals surface area contributed by atoms with Gasteiger partial charge in [0.25, 0.3) is 5.91 Å². The number of aromatic amines is 1. The summed E-state index contributed by atoms with van der Waals surface area (Å²) < 4.78 is 0. The van der Waals surface area contributed by atoms with E-state index in [0.717, 1.165) is 0 Å². The third-order valence-corrected chi connectivity index (χ3v) is 1.98. The average molecular weight is 212 g/mol. The van der Waals surface area contributed by atoms with Gasteiger partial charge < -0.3 is 4.98 Å². The Bertz CT molecular complexity index is 539. The first-order valence-corrected chi connectivity index (χ1v) is 4.60. The van der Waals surface area contributed by atoms with Gasteiger partial charge in [0.15, 0.2) is 0 Å². The van der Waals surface area contributed by atoms with Crippen LogP contribution in [0.25, 0.3) is 0 Å². The monoisotopic (exact) mass is 212 g/mol. The number of benzene rings is 1. The van der Waals surface area contributed by atoms with Gasteiger partial charge >= 0.3 is 0 Å². The number of hydrogen-bond acceptors (Lipinski definition) is 3. The van der Waals surface area contributed by atoms with Gasteiger partial charge in [-0.1, -0.05) is 6.07 Å². The Hall–Kier alpha value is -2.61. The number of hydrogen-bond donors (Lipinski definition) is 2. The minimum atomic E-state index is -0.299. The highest BCUT2D eigenvalue weighted by Crippen LogP contribution is 2.06. The summed E-state index contributed by atoms with van der Waals surface area (Å²) in [5.74, 6) is 0.0828. The summed E-state index contributed by atoms with van der Waals surface area (Å²) in [6, 6.07) is 8.45. The molecule has 1 heterocycles. The topological polar surface area (TPSA) is 81.6 Å². The summed E-state index contributed by atoms with van der Waals surface area (Å²) in [5, 5.41) is 11.3. The summed E-state index contributed by atoms with van der Waals surface area (Å²) in [6.45, 7) is 0. The zero-order valence-corrected chi connectivity index (χ0v) is 8.27. The summed E-state index contributed by atoms with van der Waals surface area (Å²) in [7, 11) is 0. The van der Waals surface area contributed by atoms with Gasteiger partial charge in [0.2, 0.25) is 5.95 Å². The molecule has 2 rings (SSSR count). The molecule has 0 atom stereocenters. The Morgan fingerprint density at radius 2 is 2.38 bits per heavy atom. The highest BCUT2D eigenvalue weighted by atomic mass is 16.1. The van der Waals surface area contributed by atoms with E-state index in [4.69, 9.17) is 5.26 Å². The standard InChI is InChI=1S/C11H8N4O/c12-7-8-2-1-3-9(6-8)10(16)15-11-13-4-5-14-11/h1-6H,(H2,13,14,15,16). The molecule has 78 valence electrons. The molecule has 0 aliphatic carbocycles. The molecule has 5 heteroatoms. The van der Waals surface area contributed by atoms with E-state index < -0.39 is 0 Å². The molecule has 1 aromatic carbocycles. The van der Waals surface area contributed by atoms with Gasteiger partial charge in [0.05, 0.1) is 11.6 Å². The molecule has 0 aliphatic rings. The molecule has 1 aromatic heterocycles. The van der Waals surface area contributed by atoms with E-state index in [9.17, 15) is 4.79 Å². The summed E-state index contributed by atoms with van der Waals surface area (Å²) in [4.78, 5) is 18.3. The molecule has 0 unspecified atom stereocenters. The highest BCUT2D eigenvalue weighted by molar-refractivity contribution is 6.03. The number of nitrogens with one attached hydrogen (secondary N) is 2. The van der Waals surface area contributed by atoms with Crippen LogP contribution >= 0.6 is 0 Å². The van der Waals surface area contributed by atoms with Gasteiger partial charge in [-0.2, -0.15) is 5.26 Å². The Balaban J connectivity index is 2.18. The molecule has 1 amide bonds. The van der Waals surface area contributed by atoms with Crippen molar-refractivity contribution >= 4 is 11.9 Å². The van der Waals surface area contributed by atoms with Crippen LogP contribution in [0.2, 0.25) is 0 Å². The predicted molar refractivity (Wildman–Crippen MR) is 57.7 cm³/mol. The highest BCUT2D eigenvalue weighted by Gasteiger charge is 2.07. The van der Waals surface area contributed by atoms with Crippen LogP contribution in [-0.2, 0) is 0 Å². The molecular weight excluding hydrogens is 204 g/mol. The third kappa shape index (κ3) is 2.07. The molecule has 0 fully saturated rings. The van der Waals surface area contributed by atoms with Crippen LogP contribution in [-0.4, -0.2) is 15.9 Å². The fraction of sp³-hybridized carbons (Fsp3) is 0. The second-order valence-corrected chi connectivity index (χ2v) is 3.08. The fourth-order valence-electron chi connectivity index (χ4n) is 1.24. The molecule has 0 saturated carbocycles. The number of carbonyl (C=O) groups is 1. The van der Waals surface area contributed by atoms with Gasteiger partial charge in [-0.05, 0) is 18.2 Å². The van der Waals surface area contributed by atoms with E-state index >= 15 is 0 Å². The van der Waals surface area contributed by atoms with Crippen molar-refractivity contribution in [3.63, 3.8) is 0 Å². The lowest BCUT2D eigenvalue weighted by molar-refractivity contribution is 0.102. The second-order valence-electron chi connectivity index (χ2n) is 3.08. The summed E-state index contributed by atoms with van der Waals surface area (Å²) >= 11 is 0. The zero-order valence-electron chi connectivity index (χ0n) is 8.27. The maximum atomic E-state index is 11.7. The fourth-order valence-corrected chi connectivity index (χ4v) is 1.24. The lowest BCUT2D eigenvalue weighted by atomic mass is 10.1. The number of nitriles is 1. The SMILES string of the molecule is N#Cc1cccc(C(=O)Nc2ncc[nH]2)c1. The smallest absolute Gasteiger partial charge is 0.258 e. The van der Waals surface area contributed by atoms with Crippen molar-refractivity contribution in [2.75, 3.05) is 5.32 Å². The molecule has 0 spiro atoms. The van der Waals surface area contributed by atoms with E-state index in [1.807, 2.05) is 6.07 Å². The minimum Gasteiger partial charge on any atom is -0.331 e. The predicted octanol–water partition coefficient (Wildman–Crippen LogP) is 1.53. The summed E-state index contributed by atoms with van der Waals surface area (Å²) in [5.41, 5.74) is 0.877. The molecule has 0 aliphatic heterocycles. The molecule has 0 bridgehead atoms. The number of imidazole rings is 1.